The number of allylic oxidation sites excluding steroid dienone is 4. The van der Waals surface area contributed by atoms with Crippen molar-refractivity contribution in [3.05, 3.63) is 236 Å². The van der Waals surface area contributed by atoms with Crippen molar-refractivity contribution in [3.8, 4) is 44.5 Å². The molecule has 1 heterocycles. The van der Waals surface area contributed by atoms with Gasteiger partial charge in [-0.1, -0.05) is 164 Å². The highest BCUT2D eigenvalue weighted by molar-refractivity contribution is 6.22. The summed E-state index contributed by atoms with van der Waals surface area (Å²) in [6.07, 6.45) is 6.50. The molecule has 1 aromatic heterocycles. The van der Waals surface area contributed by atoms with E-state index >= 15 is 0 Å². The molecular weight excluding hydrogens is 727 g/mol. The van der Waals surface area contributed by atoms with Crippen molar-refractivity contribution in [3.63, 3.8) is 0 Å². The lowest BCUT2D eigenvalue weighted by Gasteiger charge is -2.30. The van der Waals surface area contributed by atoms with Crippen LogP contribution in [0.3, 0.4) is 0 Å². The molecule has 0 amide bonds. The molecular formula is C58H41NO. The highest BCUT2D eigenvalue weighted by Gasteiger charge is 2.22. The third-order valence-electron chi connectivity index (χ3n) is 12.0. The van der Waals surface area contributed by atoms with Gasteiger partial charge in [-0.25, -0.2) is 0 Å². The Kier molecular flexibility index (Phi) is 9.02. The smallest absolute Gasteiger partial charge is 0.136 e. The molecule has 0 fully saturated rings. The molecule has 2 heteroatoms. The lowest BCUT2D eigenvalue weighted by molar-refractivity contribution is 0.669. The van der Waals surface area contributed by atoms with Gasteiger partial charge in [0.25, 0.3) is 0 Å². The molecule has 0 radical (unpaired) electrons. The molecule has 0 aliphatic heterocycles. The Morgan fingerprint density at radius 3 is 1.45 bits per heavy atom. The molecule has 11 rings (SSSR count). The van der Waals surface area contributed by atoms with E-state index in [1.807, 2.05) is 0 Å². The van der Waals surface area contributed by atoms with Gasteiger partial charge in [-0.3, -0.25) is 0 Å². The van der Waals surface area contributed by atoms with Crippen LogP contribution >= 0.6 is 0 Å². The first-order valence-corrected chi connectivity index (χ1v) is 20.8. The highest BCUT2D eigenvalue weighted by Crippen LogP contribution is 2.45. The van der Waals surface area contributed by atoms with Gasteiger partial charge in [0, 0.05) is 27.8 Å². The largest absolute Gasteiger partial charge is 0.456 e. The van der Waals surface area contributed by atoms with Crippen LogP contribution in [0.2, 0.25) is 0 Å². The van der Waals surface area contributed by atoms with Crippen molar-refractivity contribution in [2.45, 2.75) is 12.8 Å². The number of benzene rings is 9. The normalized spacial score (nSPS) is 12.7. The lowest BCUT2D eigenvalue weighted by Crippen LogP contribution is -2.17. The van der Waals surface area contributed by atoms with Gasteiger partial charge >= 0.3 is 0 Å². The van der Waals surface area contributed by atoms with Gasteiger partial charge < -0.3 is 9.32 Å². The first kappa shape index (κ1) is 35.5. The fourth-order valence-electron chi connectivity index (χ4n) is 9.00. The van der Waals surface area contributed by atoms with Crippen molar-refractivity contribution >= 4 is 49.7 Å². The van der Waals surface area contributed by atoms with E-state index < -0.39 is 0 Å². The SMILES string of the molecule is C1=C(c2ccccc2)CCC(N(c2ccc(-c3ccccc3)cc2)c2ccc3oc4cc(-c5cc(-c6ccccc6)cc(-c6ccccc6)c5)c5ccccc5c4c3c2)=C1. The first-order valence-electron chi connectivity index (χ1n) is 20.8. The molecule has 0 saturated heterocycles. The summed E-state index contributed by atoms with van der Waals surface area (Å²) < 4.78 is 6.82. The van der Waals surface area contributed by atoms with Crippen LogP contribution in [0.1, 0.15) is 18.4 Å². The van der Waals surface area contributed by atoms with E-state index in [-0.39, 0.29) is 0 Å². The maximum absolute atomic E-state index is 6.82. The summed E-state index contributed by atoms with van der Waals surface area (Å²) >= 11 is 0. The zero-order valence-electron chi connectivity index (χ0n) is 33.1. The van der Waals surface area contributed by atoms with Crippen LogP contribution in [0.15, 0.2) is 235 Å². The summed E-state index contributed by atoms with van der Waals surface area (Å²) in [5.74, 6) is 0. The maximum Gasteiger partial charge on any atom is 0.136 e. The molecule has 9 aromatic carbocycles. The summed E-state index contributed by atoms with van der Waals surface area (Å²) in [6, 6.07) is 76.4. The number of hydrogen-bond donors (Lipinski definition) is 0. The Labute approximate surface area is 350 Å². The molecule has 1 aliphatic carbocycles. The third kappa shape index (κ3) is 6.59. The number of furan rings is 1. The first-order chi connectivity index (χ1) is 29.7. The fourth-order valence-corrected chi connectivity index (χ4v) is 9.00. The van der Waals surface area contributed by atoms with Gasteiger partial charge in [0.2, 0.25) is 0 Å². The van der Waals surface area contributed by atoms with E-state index in [0.717, 1.165) is 57.3 Å². The Morgan fingerprint density at radius 1 is 0.333 bits per heavy atom. The third-order valence-corrected chi connectivity index (χ3v) is 12.0. The topological polar surface area (TPSA) is 16.4 Å². The number of anilines is 2. The summed E-state index contributed by atoms with van der Waals surface area (Å²) in [5.41, 5.74) is 17.4. The second kappa shape index (κ2) is 15.2. The lowest BCUT2D eigenvalue weighted by atomic mass is 9.90. The van der Waals surface area contributed by atoms with Crippen LogP contribution in [0.25, 0.3) is 82.8 Å². The van der Waals surface area contributed by atoms with E-state index in [9.17, 15) is 0 Å². The van der Waals surface area contributed by atoms with Crippen LogP contribution < -0.4 is 4.90 Å². The van der Waals surface area contributed by atoms with Crippen molar-refractivity contribution in [2.24, 2.45) is 0 Å². The molecule has 0 bridgehead atoms. The average Bonchev–Trinajstić information content (AvgIpc) is 3.71. The monoisotopic (exact) mass is 767 g/mol. The number of hydrogen-bond acceptors (Lipinski definition) is 2. The molecule has 0 unspecified atom stereocenters. The van der Waals surface area contributed by atoms with Gasteiger partial charge in [-0.15, -0.1) is 0 Å². The molecule has 60 heavy (non-hydrogen) atoms. The van der Waals surface area contributed by atoms with Gasteiger partial charge in [0.1, 0.15) is 11.2 Å². The minimum atomic E-state index is 0.877. The predicted molar refractivity (Wildman–Crippen MR) is 253 cm³/mol. The van der Waals surface area contributed by atoms with Crippen LogP contribution in [0.4, 0.5) is 11.4 Å². The van der Waals surface area contributed by atoms with Gasteiger partial charge in [-0.05, 0) is 140 Å². The fraction of sp³-hybridized carbons (Fsp3) is 0.0345. The Hall–Kier alpha value is -7.68. The number of rotatable bonds is 8. The predicted octanol–water partition coefficient (Wildman–Crippen LogP) is 16.3. The van der Waals surface area contributed by atoms with Crippen LogP contribution in [-0.4, -0.2) is 0 Å². The van der Waals surface area contributed by atoms with Gasteiger partial charge in [0.05, 0.1) is 0 Å². The average molecular weight is 768 g/mol. The summed E-state index contributed by atoms with van der Waals surface area (Å²) in [6.45, 7) is 0. The van der Waals surface area contributed by atoms with Crippen molar-refractivity contribution in [1.82, 2.24) is 0 Å². The quantitative estimate of drug-likeness (QED) is 0.153. The van der Waals surface area contributed by atoms with Crippen molar-refractivity contribution < 1.29 is 4.42 Å². The molecule has 0 saturated carbocycles. The standard InChI is InChI=1S/C58H41NO/c1-5-15-40(16-6-1)44-25-29-49(30-26-44)59(50-31-27-45(28-32-50)41-17-7-2-8-18-41)51-33-34-56-55(38-51)58-53-24-14-13-23-52(53)54(39-57(58)60-56)48-36-46(42-19-9-3-10-20-42)35-47(37-48)43-21-11-4-12-22-43/h1-27,29-31,33-39H,28,32H2. The molecule has 284 valence electrons. The van der Waals surface area contributed by atoms with E-state index in [2.05, 4.69) is 229 Å². The highest BCUT2D eigenvalue weighted by atomic mass is 16.3. The zero-order chi connectivity index (χ0) is 39.8. The van der Waals surface area contributed by atoms with E-state index in [4.69, 9.17) is 4.42 Å². The second-order valence-corrected chi connectivity index (χ2v) is 15.6. The van der Waals surface area contributed by atoms with Crippen LogP contribution in [0, 0.1) is 0 Å². The minimum absolute atomic E-state index is 0.877. The minimum Gasteiger partial charge on any atom is -0.456 e. The molecule has 0 atom stereocenters. The van der Waals surface area contributed by atoms with Gasteiger partial charge in [0.15, 0.2) is 0 Å². The molecule has 0 N–H and O–H groups in total. The summed E-state index contributed by atoms with van der Waals surface area (Å²) in [5, 5.41) is 4.62. The molecule has 10 aromatic rings. The summed E-state index contributed by atoms with van der Waals surface area (Å²) in [7, 11) is 0. The number of fused-ring (bicyclic) bond motifs is 5. The van der Waals surface area contributed by atoms with Crippen LogP contribution in [-0.2, 0) is 0 Å². The van der Waals surface area contributed by atoms with Crippen LogP contribution in [0.5, 0.6) is 0 Å². The second-order valence-electron chi connectivity index (χ2n) is 15.6. The Balaban J connectivity index is 1.07. The Morgan fingerprint density at radius 2 is 0.850 bits per heavy atom. The van der Waals surface area contributed by atoms with E-state index in [1.165, 1.54) is 61.0 Å². The van der Waals surface area contributed by atoms with E-state index in [0.29, 0.717) is 0 Å². The maximum atomic E-state index is 6.82. The molecule has 1 aliphatic rings. The van der Waals surface area contributed by atoms with Crippen molar-refractivity contribution in [2.75, 3.05) is 4.90 Å². The molecule has 2 nitrogen and oxygen atoms in total. The van der Waals surface area contributed by atoms with E-state index in [1.54, 1.807) is 0 Å². The number of nitrogens with zero attached hydrogens (tertiary/aromatic N) is 1. The van der Waals surface area contributed by atoms with Crippen molar-refractivity contribution in [1.29, 1.82) is 0 Å². The Bertz CT molecular complexity index is 3160. The van der Waals surface area contributed by atoms with Gasteiger partial charge in [-0.2, -0.15) is 0 Å². The molecule has 0 spiro atoms. The summed E-state index contributed by atoms with van der Waals surface area (Å²) in [4.78, 5) is 2.43. The zero-order valence-corrected chi connectivity index (χ0v) is 33.1.